The fourth-order valence-electron chi connectivity index (χ4n) is 5.42. The smallest absolute Gasteiger partial charge is 0.128 e. The molecule has 3 heteroatoms. The molecule has 0 saturated heterocycles. The van der Waals surface area contributed by atoms with E-state index in [1.54, 1.807) is 0 Å². The summed E-state index contributed by atoms with van der Waals surface area (Å²) in [6, 6.07) is 35.1. The van der Waals surface area contributed by atoms with Crippen LogP contribution >= 0.6 is 0 Å². The van der Waals surface area contributed by atoms with Gasteiger partial charge in [-0.1, -0.05) is 66.7 Å². The second-order valence-electron chi connectivity index (χ2n) is 8.55. The number of para-hydroxylation sites is 4. The highest BCUT2D eigenvalue weighted by atomic mass is 15.4. The van der Waals surface area contributed by atoms with E-state index in [1.807, 2.05) is 6.08 Å². The van der Waals surface area contributed by atoms with Gasteiger partial charge < -0.3 is 14.4 Å². The number of rotatable bonds is 5. The van der Waals surface area contributed by atoms with Crippen LogP contribution in [0, 0.1) is 0 Å². The molecule has 0 amide bonds. The molecule has 4 aromatic carbocycles. The van der Waals surface area contributed by atoms with E-state index in [0.717, 1.165) is 13.1 Å². The van der Waals surface area contributed by atoms with Crippen molar-refractivity contribution in [3.8, 4) is 5.69 Å². The van der Waals surface area contributed by atoms with E-state index < -0.39 is 0 Å². The Labute approximate surface area is 194 Å². The summed E-state index contributed by atoms with van der Waals surface area (Å²) in [6.45, 7) is 8.01. The maximum Gasteiger partial charge on any atom is 0.128 e. The number of benzene rings is 4. The topological polar surface area (TPSA) is 11.4 Å². The van der Waals surface area contributed by atoms with Crippen LogP contribution in [0.4, 0.5) is 11.4 Å². The number of aromatic nitrogens is 1. The van der Waals surface area contributed by atoms with Gasteiger partial charge in [0.25, 0.3) is 0 Å². The van der Waals surface area contributed by atoms with Crippen LogP contribution in [0.15, 0.2) is 110 Å². The third-order valence-electron chi connectivity index (χ3n) is 6.79. The number of hydrogen-bond donors (Lipinski definition) is 0. The van der Waals surface area contributed by atoms with Gasteiger partial charge in [0.1, 0.15) is 6.17 Å². The monoisotopic (exact) mass is 429 g/mol. The minimum absolute atomic E-state index is 0.164. The Kier molecular flexibility index (Phi) is 4.69. The van der Waals surface area contributed by atoms with Crippen LogP contribution in [0.5, 0.6) is 0 Å². The van der Waals surface area contributed by atoms with Crippen LogP contribution in [0.3, 0.4) is 0 Å². The van der Waals surface area contributed by atoms with E-state index in [9.17, 15) is 0 Å². The van der Waals surface area contributed by atoms with Crippen molar-refractivity contribution in [3.05, 3.63) is 115 Å². The van der Waals surface area contributed by atoms with Crippen LogP contribution in [0.1, 0.15) is 18.7 Å². The first kappa shape index (κ1) is 19.7. The minimum Gasteiger partial charge on any atom is -0.346 e. The zero-order valence-electron chi connectivity index (χ0n) is 18.9. The summed E-state index contributed by atoms with van der Waals surface area (Å²) in [5.74, 6) is 0. The SMILES string of the molecule is C=CCN1c2ccccc2N(CC)C1c1ccc(-n2c3ccccc3c3ccccc32)cc1. The van der Waals surface area contributed by atoms with Gasteiger partial charge in [-0.3, -0.25) is 0 Å². The number of anilines is 2. The first-order chi connectivity index (χ1) is 16.3. The first-order valence-corrected chi connectivity index (χ1v) is 11.6. The lowest BCUT2D eigenvalue weighted by Gasteiger charge is -2.32. The molecule has 162 valence electrons. The summed E-state index contributed by atoms with van der Waals surface area (Å²) in [5.41, 5.74) is 7.52. The van der Waals surface area contributed by atoms with Crippen molar-refractivity contribution in [2.45, 2.75) is 13.1 Å². The second-order valence-corrected chi connectivity index (χ2v) is 8.55. The molecule has 5 aromatic rings. The Bertz CT molecular complexity index is 1410. The normalized spacial score (nSPS) is 15.4. The number of hydrogen-bond acceptors (Lipinski definition) is 2. The molecule has 0 radical (unpaired) electrons. The van der Waals surface area contributed by atoms with Gasteiger partial charge in [0, 0.05) is 29.5 Å². The molecule has 33 heavy (non-hydrogen) atoms. The summed E-state index contributed by atoms with van der Waals surface area (Å²) in [7, 11) is 0. The van der Waals surface area contributed by atoms with Gasteiger partial charge in [0.05, 0.1) is 22.4 Å². The molecule has 0 aliphatic carbocycles. The largest absolute Gasteiger partial charge is 0.346 e. The van der Waals surface area contributed by atoms with Gasteiger partial charge in [0.15, 0.2) is 0 Å². The standard InChI is InChI=1S/C30H27N3/c1-3-21-32-29-16-10-9-15-28(29)31(4-2)30(32)22-17-19-23(20-18-22)33-26-13-7-5-11-24(26)25-12-6-8-14-27(25)33/h3,5-20,30H,1,4,21H2,2H3. The molecule has 3 nitrogen and oxygen atoms in total. The van der Waals surface area contributed by atoms with Gasteiger partial charge in [-0.2, -0.15) is 0 Å². The summed E-state index contributed by atoms with van der Waals surface area (Å²) in [6.07, 6.45) is 2.16. The summed E-state index contributed by atoms with van der Waals surface area (Å²) >= 11 is 0. The molecule has 6 rings (SSSR count). The van der Waals surface area contributed by atoms with Crippen molar-refractivity contribution >= 4 is 33.2 Å². The van der Waals surface area contributed by atoms with Crippen molar-refractivity contribution in [2.75, 3.05) is 22.9 Å². The Morgan fingerprint density at radius 3 is 1.82 bits per heavy atom. The van der Waals surface area contributed by atoms with E-state index in [0.29, 0.717) is 0 Å². The van der Waals surface area contributed by atoms with Crippen LogP contribution in [-0.4, -0.2) is 17.7 Å². The highest BCUT2D eigenvalue weighted by Gasteiger charge is 2.35. The van der Waals surface area contributed by atoms with Crippen LogP contribution < -0.4 is 9.80 Å². The molecule has 1 aliphatic rings. The molecule has 2 heterocycles. The van der Waals surface area contributed by atoms with E-state index in [4.69, 9.17) is 0 Å². The van der Waals surface area contributed by atoms with E-state index in [-0.39, 0.29) is 6.17 Å². The molecule has 0 fully saturated rings. The molecular weight excluding hydrogens is 402 g/mol. The molecule has 1 aromatic heterocycles. The molecule has 0 bridgehead atoms. The summed E-state index contributed by atoms with van der Waals surface area (Å²) in [4.78, 5) is 4.93. The molecular formula is C30H27N3. The van der Waals surface area contributed by atoms with Crippen LogP contribution in [0.25, 0.3) is 27.5 Å². The van der Waals surface area contributed by atoms with Crippen molar-refractivity contribution in [1.82, 2.24) is 4.57 Å². The lowest BCUT2D eigenvalue weighted by atomic mass is 10.1. The summed E-state index contributed by atoms with van der Waals surface area (Å²) < 4.78 is 2.37. The van der Waals surface area contributed by atoms with Gasteiger partial charge >= 0.3 is 0 Å². The van der Waals surface area contributed by atoms with Gasteiger partial charge in [0.2, 0.25) is 0 Å². The first-order valence-electron chi connectivity index (χ1n) is 11.6. The maximum absolute atomic E-state index is 4.02. The predicted molar refractivity (Wildman–Crippen MR) is 141 cm³/mol. The highest BCUT2D eigenvalue weighted by molar-refractivity contribution is 6.09. The van der Waals surface area contributed by atoms with E-state index >= 15 is 0 Å². The number of fused-ring (bicyclic) bond motifs is 4. The lowest BCUT2D eigenvalue weighted by Crippen LogP contribution is -2.35. The van der Waals surface area contributed by atoms with Crippen molar-refractivity contribution in [2.24, 2.45) is 0 Å². The van der Waals surface area contributed by atoms with Crippen molar-refractivity contribution in [3.63, 3.8) is 0 Å². The Hall–Kier alpha value is -3.98. The molecule has 1 atom stereocenters. The minimum atomic E-state index is 0.164. The molecule has 0 N–H and O–H groups in total. The van der Waals surface area contributed by atoms with E-state index in [2.05, 4.69) is 125 Å². The molecule has 1 unspecified atom stereocenters. The fourth-order valence-corrected chi connectivity index (χ4v) is 5.42. The van der Waals surface area contributed by atoms with Crippen molar-refractivity contribution < 1.29 is 0 Å². The third-order valence-corrected chi connectivity index (χ3v) is 6.79. The Morgan fingerprint density at radius 1 is 0.697 bits per heavy atom. The zero-order valence-corrected chi connectivity index (χ0v) is 18.9. The van der Waals surface area contributed by atoms with Crippen LogP contribution in [0.2, 0.25) is 0 Å². The zero-order chi connectivity index (χ0) is 22.4. The Morgan fingerprint density at radius 2 is 1.24 bits per heavy atom. The Balaban J connectivity index is 1.46. The molecule has 0 saturated carbocycles. The lowest BCUT2D eigenvalue weighted by molar-refractivity contribution is 0.640. The van der Waals surface area contributed by atoms with Crippen molar-refractivity contribution in [1.29, 1.82) is 0 Å². The van der Waals surface area contributed by atoms with Gasteiger partial charge in [-0.05, 0) is 48.9 Å². The predicted octanol–water partition coefficient (Wildman–Crippen LogP) is 7.31. The van der Waals surface area contributed by atoms with Gasteiger partial charge in [-0.15, -0.1) is 6.58 Å². The average molecular weight is 430 g/mol. The quantitative estimate of drug-likeness (QED) is 0.271. The third kappa shape index (κ3) is 2.96. The fraction of sp³-hybridized carbons (Fsp3) is 0.133. The maximum atomic E-state index is 4.02. The van der Waals surface area contributed by atoms with Crippen LogP contribution in [-0.2, 0) is 0 Å². The average Bonchev–Trinajstić information content (AvgIpc) is 3.37. The second kappa shape index (κ2) is 7.86. The highest BCUT2D eigenvalue weighted by Crippen LogP contribution is 2.46. The summed E-state index contributed by atoms with van der Waals surface area (Å²) in [5, 5.41) is 2.58. The molecule has 1 aliphatic heterocycles. The molecule has 0 spiro atoms. The number of nitrogens with zero attached hydrogens (tertiary/aromatic N) is 3. The van der Waals surface area contributed by atoms with E-state index in [1.165, 1.54) is 44.4 Å². The van der Waals surface area contributed by atoms with Gasteiger partial charge in [-0.25, -0.2) is 0 Å².